The highest BCUT2D eigenvalue weighted by Crippen LogP contribution is 2.16. The van der Waals surface area contributed by atoms with Gasteiger partial charge in [0.2, 0.25) is 0 Å². The number of hydrogen-bond donors (Lipinski definition) is 3. The van der Waals surface area contributed by atoms with Gasteiger partial charge in [-0.1, -0.05) is 71.1 Å². The van der Waals surface area contributed by atoms with E-state index in [9.17, 15) is 14.7 Å². The van der Waals surface area contributed by atoms with E-state index in [0.717, 1.165) is 57.8 Å². The van der Waals surface area contributed by atoms with Crippen molar-refractivity contribution in [2.75, 3.05) is 0 Å². The summed E-state index contributed by atoms with van der Waals surface area (Å²) in [5.74, 6) is -0.739. The van der Waals surface area contributed by atoms with Crippen molar-refractivity contribution >= 4 is 11.8 Å². The molecule has 5 heteroatoms. The number of carboxylic acids is 1. The molecule has 5 nitrogen and oxygen atoms in total. The molecular formula is C21H41NO4. The fraction of sp³-hybridized carbons (Fsp3) is 0.905. The van der Waals surface area contributed by atoms with E-state index in [1.165, 1.54) is 39.0 Å². The van der Waals surface area contributed by atoms with E-state index in [-0.39, 0.29) is 0 Å². The molecular weight excluding hydrogens is 330 g/mol. The molecule has 2 atom stereocenters. The van der Waals surface area contributed by atoms with E-state index in [1.54, 1.807) is 0 Å². The summed E-state index contributed by atoms with van der Waals surface area (Å²) in [5, 5.41) is 18.8. The number of aliphatic carboxylic acids is 1. The minimum atomic E-state index is -1.56. The van der Waals surface area contributed by atoms with Crippen LogP contribution in [0.4, 0.5) is 0 Å². The Hall–Kier alpha value is -0.940. The highest BCUT2D eigenvalue weighted by atomic mass is 16.4. The number of unbranched alkanes of at least 4 members (excludes halogenated alkanes) is 10. The van der Waals surface area contributed by atoms with E-state index in [4.69, 9.17) is 10.8 Å². The van der Waals surface area contributed by atoms with Crippen molar-refractivity contribution < 1.29 is 19.8 Å². The average molecular weight is 372 g/mol. The lowest BCUT2D eigenvalue weighted by atomic mass is 9.92. The third-order valence-electron chi connectivity index (χ3n) is 5.15. The lowest BCUT2D eigenvalue weighted by Gasteiger charge is -2.25. The molecule has 0 aromatic rings. The van der Waals surface area contributed by atoms with Crippen LogP contribution in [0, 0.1) is 0 Å². The van der Waals surface area contributed by atoms with Gasteiger partial charge in [-0.25, -0.2) is 0 Å². The van der Waals surface area contributed by atoms with Crippen LogP contribution in [-0.2, 0) is 9.59 Å². The van der Waals surface area contributed by atoms with E-state index < -0.39 is 17.6 Å². The predicted octanol–water partition coefficient (Wildman–Crippen LogP) is 4.59. The van der Waals surface area contributed by atoms with Crippen LogP contribution in [0.1, 0.15) is 110 Å². The number of ketones is 1. The van der Waals surface area contributed by atoms with Gasteiger partial charge in [0, 0.05) is 12.8 Å². The van der Waals surface area contributed by atoms with Crippen molar-refractivity contribution in [2.45, 2.75) is 122 Å². The second kappa shape index (κ2) is 15.2. The molecule has 0 amide bonds. The molecule has 4 N–H and O–H groups in total. The molecule has 0 aliphatic heterocycles. The molecule has 0 rings (SSSR count). The summed E-state index contributed by atoms with van der Waals surface area (Å²) in [4.78, 5) is 22.7. The first-order valence-corrected chi connectivity index (χ1v) is 10.5. The highest BCUT2D eigenvalue weighted by Gasteiger charge is 2.35. The van der Waals surface area contributed by atoms with Crippen LogP contribution in [0.2, 0.25) is 0 Å². The maximum Gasteiger partial charge on any atom is 0.326 e. The Morgan fingerprint density at radius 3 is 1.73 bits per heavy atom. The molecule has 0 unspecified atom stereocenters. The molecule has 0 bridgehead atoms. The van der Waals surface area contributed by atoms with Crippen molar-refractivity contribution in [3.8, 4) is 0 Å². The molecule has 0 saturated heterocycles. The van der Waals surface area contributed by atoms with Crippen LogP contribution >= 0.6 is 0 Å². The topological polar surface area (TPSA) is 101 Å². The minimum Gasteiger partial charge on any atom is -0.480 e. The van der Waals surface area contributed by atoms with Gasteiger partial charge in [0.1, 0.15) is 11.3 Å². The number of carbonyl (C=O) groups is 2. The quantitative estimate of drug-likeness (QED) is 0.306. The predicted molar refractivity (Wildman–Crippen MR) is 106 cm³/mol. The molecule has 0 aromatic carbocycles. The van der Waals surface area contributed by atoms with Gasteiger partial charge in [-0.15, -0.1) is 0 Å². The van der Waals surface area contributed by atoms with Crippen LogP contribution in [0.15, 0.2) is 0 Å². The van der Waals surface area contributed by atoms with Crippen molar-refractivity contribution in [1.29, 1.82) is 0 Å². The first kappa shape index (κ1) is 25.1. The van der Waals surface area contributed by atoms with E-state index in [1.807, 2.05) is 0 Å². The Bertz CT molecular complexity index is 382. The number of Topliss-reactive ketones (excluding diaryl/α,β-unsaturated/α-hetero) is 1. The molecule has 0 aliphatic rings. The summed E-state index contributed by atoms with van der Waals surface area (Å²) in [6, 6.07) is 0. The number of carbonyl (C=O) groups excluding carboxylic acids is 1. The molecule has 0 fully saturated rings. The first-order valence-electron chi connectivity index (χ1n) is 10.5. The van der Waals surface area contributed by atoms with Gasteiger partial charge in [0.25, 0.3) is 0 Å². The molecule has 154 valence electrons. The SMILES string of the molecule is CCCCCCC(=O)CCCCCCCCCC[C@@H](O)[C@](C)(N)C(=O)O. The van der Waals surface area contributed by atoms with Gasteiger partial charge in [-0.05, 0) is 26.2 Å². The highest BCUT2D eigenvalue weighted by molar-refractivity contribution is 5.78. The largest absolute Gasteiger partial charge is 0.480 e. The monoisotopic (exact) mass is 371 g/mol. The minimum absolute atomic E-state index is 0.424. The Balaban J connectivity index is 3.41. The van der Waals surface area contributed by atoms with Crippen LogP contribution < -0.4 is 5.73 Å². The lowest BCUT2D eigenvalue weighted by molar-refractivity contribution is -0.147. The Kier molecular flexibility index (Phi) is 14.6. The molecule has 0 aliphatic carbocycles. The third-order valence-corrected chi connectivity index (χ3v) is 5.15. The van der Waals surface area contributed by atoms with Crippen molar-refractivity contribution in [3.05, 3.63) is 0 Å². The zero-order valence-corrected chi connectivity index (χ0v) is 17.0. The lowest BCUT2D eigenvalue weighted by Crippen LogP contribution is -2.54. The second-order valence-electron chi connectivity index (χ2n) is 7.82. The molecule has 0 spiro atoms. The van der Waals surface area contributed by atoms with E-state index in [0.29, 0.717) is 12.2 Å². The summed E-state index contributed by atoms with van der Waals surface area (Å²) in [6.07, 6.45) is 14.1. The normalized spacial score (nSPS) is 14.8. The van der Waals surface area contributed by atoms with Crippen LogP contribution in [0.5, 0.6) is 0 Å². The number of carboxylic acid groups (broad SMARTS) is 1. The molecule has 0 heterocycles. The average Bonchev–Trinajstić information content (AvgIpc) is 2.59. The third kappa shape index (κ3) is 12.4. The molecule has 0 radical (unpaired) electrons. The molecule has 0 saturated carbocycles. The standard InChI is InChI=1S/C21H41NO4/c1-3-4-5-12-15-18(23)16-13-10-8-6-7-9-11-14-17-19(24)21(2,22)20(25)26/h19,24H,3-17,22H2,1-2H3,(H,25,26)/t19-,21+/m1/s1. The molecule has 0 aromatic heterocycles. The fourth-order valence-corrected chi connectivity index (χ4v) is 3.04. The molecule has 26 heavy (non-hydrogen) atoms. The Labute approximate surface area is 159 Å². The fourth-order valence-electron chi connectivity index (χ4n) is 3.04. The first-order chi connectivity index (χ1) is 12.3. The second-order valence-corrected chi connectivity index (χ2v) is 7.82. The van der Waals surface area contributed by atoms with Gasteiger partial charge in [0.15, 0.2) is 0 Å². The number of aliphatic hydroxyl groups is 1. The number of hydrogen-bond acceptors (Lipinski definition) is 4. The summed E-state index contributed by atoms with van der Waals surface area (Å²) in [5.41, 5.74) is 4.04. The Morgan fingerprint density at radius 2 is 1.27 bits per heavy atom. The summed E-state index contributed by atoms with van der Waals surface area (Å²) in [7, 11) is 0. The number of rotatable bonds is 18. The summed E-state index contributed by atoms with van der Waals surface area (Å²) in [6.45, 7) is 3.54. The maximum atomic E-state index is 11.7. The van der Waals surface area contributed by atoms with Gasteiger partial charge in [-0.2, -0.15) is 0 Å². The van der Waals surface area contributed by atoms with Gasteiger partial charge in [-0.3, -0.25) is 9.59 Å². The number of aliphatic hydroxyl groups excluding tert-OH is 1. The Morgan fingerprint density at radius 1 is 0.846 bits per heavy atom. The summed E-state index contributed by atoms with van der Waals surface area (Å²) >= 11 is 0. The van der Waals surface area contributed by atoms with Gasteiger partial charge < -0.3 is 15.9 Å². The smallest absolute Gasteiger partial charge is 0.326 e. The summed E-state index contributed by atoms with van der Waals surface area (Å²) < 4.78 is 0. The zero-order valence-electron chi connectivity index (χ0n) is 17.0. The van der Waals surface area contributed by atoms with Crippen LogP contribution in [0.25, 0.3) is 0 Å². The van der Waals surface area contributed by atoms with E-state index in [2.05, 4.69) is 6.92 Å². The number of nitrogens with two attached hydrogens (primary N) is 1. The van der Waals surface area contributed by atoms with Crippen LogP contribution in [-0.4, -0.2) is 33.6 Å². The van der Waals surface area contributed by atoms with E-state index >= 15 is 0 Å². The van der Waals surface area contributed by atoms with Crippen molar-refractivity contribution in [3.63, 3.8) is 0 Å². The van der Waals surface area contributed by atoms with Crippen molar-refractivity contribution in [1.82, 2.24) is 0 Å². The zero-order chi connectivity index (χ0) is 19.8. The van der Waals surface area contributed by atoms with Crippen molar-refractivity contribution in [2.24, 2.45) is 5.73 Å². The van der Waals surface area contributed by atoms with Crippen LogP contribution in [0.3, 0.4) is 0 Å². The van der Waals surface area contributed by atoms with Gasteiger partial charge >= 0.3 is 5.97 Å². The maximum absolute atomic E-state index is 11.7. The van der Waals surface area contributed by atoms with Gasteiger partial charge in [0.05, 0.1) is 6.10 Å².